The van der Waals surface area contributed by atoms with Crippen molar-refractivity contribution >= 4 is 11.9 Å². The van der Waals surface area contributed by atoms with Gasteiger partial charge in [-0.05, 0) is 23.6 Å². The number of hydrogen-bond acceptors (Lipinski definition) is 4. The van der Waals surface area contributed by atoms with E-state index in [0.29, 0.717) is 5.56 Å². The van der Waals surface area contributed by atoms with Gasteiger partial charge < -0.3 is 10.4 Å². The van der Waals surface area contributed by atoms with Gasteiger partial charge in [-0.3, -0.25) is 4.79 Å². The lowest BCUT2D eigenvalue weighted by atomic mass is 10.0. The molecule has 8 heteroatoms. The van der Waals surface area contributed by atoms with Gasteiger partial charge in [0.2, 0.25) is 0 Å². The zero-order chi connectivity index (χ0) is 17.0. The largest absolute Gasteiger partial charge is 0.480 e. The highest BCUT2D eigenvalue weighted by molar-refractivity contribution is 5.94. The molecule has 1 amide bonds. The van der Waals surface area contributed by atoms with Crippen LogP contribution in [0.1, 0.15) is 29.9 Å². The first-order valence-corrected chi connectivity index (χ1v) is 7.05. The molecule has 0 unspecified atom stereocenters. The highest BCUT2D eigenvalue weighted by atomic mass is 19.1. The second kappa shape index (κ2) is 6.99. The Morgan fingerprint density at radius 1 is 1.39 bits per heavy atom. The monoisotopic (exact) mass is 320 g/mol. The fourth-order valence-electron chi connectivity index (χ4n) is 2.03. The van der Waals surface area contributed by atoms with Gasteiger partial charge >= 0.3 is 5.97 Å². The number of benzene rings is 1. The Morgan fingerprint density at radius 3 is 2.74 bits per heavy atom. The van der Waals surface area contributed by atoms with Crippen molar-refractivity contribution in [3.05, 3.63) is 47.5 Å². The number of nitrogens with one attached hydrogen (secondary N) is 1. The van der Waals surface area contributed by atoms with Crippen LogP contribution in [0.2, 0.25) is 0 Å². The van der Waals surface area contributed by atoms with Crippen LogP contribution >= 0.6 is 0 Å². The van der Waals surface area contributed by atoms with Crippen LogP contribution in [0.15, 0.2) is 30.5 Å². The summed E-state index contributed by atoms with van der Waals surface area (Å²) in [5, 5.41) is 19.0. The van der Waals surface area contributed by atoms with Gasteiger partial charge in [0.15, 0.2) is 5.69 Å². The molecule has 122 valence electrons. The van der Waals surface area contributed by atoms with Crippen molar-refractivity contribution < 1.29 is 19.1 Å². The number of carbonyl (C=O) groups is 2. The normalized spacial score (nSPS) is 12.2. The van der Waals surface area contributed by atoms with E-state index in [0.717, 1.165) is 0 Å². The molecule has 0 fully saturated rings. The second-order valence-corrected chi connectivity index (χ2v) is 5.46. The van der Waals surface area contributed by atoms with E-state index in [2.05, 4.69) is 15.6 Å². The minimum Gasteiger partial charge on any atom is -0.480 e. The topological polar surface area (TPSA) is 97.1 Å². The number of rotatable bonds is 6. The van der Waals surface area contributed by atoms with Crippen molar-refractivity contribution in [1.29, 1.82) is 0 Å². The molecular formula is C15H17FN4O3. The molecule has 2 N–H and O–H groups in total. The van der Waals surface area contributed by atoms with Crippen LogP contribution in [0.3, 0.4) is 0 Å². The molecule has 0 spiro atoms. The van der Waals surface area contributed by atoms with Gasteiger partial charge in [0, 0.05) is 0 Å². The SMILES string of the molecule is CC(C)[C@H](NC(=O)c1cn(Cc2cccc(F)c2)nn1)C(=O)O. The van der Waals surface area contributed by atoms with Crippen LogP contribution in [-0.4, -0.2) is 38.0 Å². The van der Waals surface area contributed by atoms with Crippen LogP contribution in [0.4, 0.5) is 4.39 Å². The van der Waals surface area contributed by atoms with Crippen molar-refractivity contribution in [2.45, 2.75) is 26.4 Å². The average Bonchev–Trinajstić information content (AvgIpc) is 2.92. The van der Waals surface area contributed by atoms with Gasteiger partial charge in [0.25, 0.3) is 5.91 Å². The van der Waals surface area contributed by atoms with Crippen molar-refractivity contribution in [3.63, 3.8) is 0 Å². The number of carboxylic acid groups (broad SMARTS) is 1. The zero-order valence-corrected chi connectivity index (χ0v) is 12.7. The van der Waals surface area contributed by atoms with Gasteiger partial charge in [-0.15, -0.1) is 5.10 Å². The maximum atomic E-state index is 13.1. The molecule has 1 aromatic carbocycles. The van der Waals surface area contributed by atoms with E-state index < -0.39 is 17.9 Å². The molecule has 1 atom stereocenters. The molecule has 1 aromatic heterocycles. The Morgan fingerprint density at radius 2 is 2.13 bits per heavy atom. The van der Waals surface area contributed by atoms with E-state index in [1.54, 1.807) is 26.0 Å². The molecule has 0 bridgehead atoms. The summed E-state index contributed by atoms with van der Waals surface area (Å²) in [7, 11) is 0. The number of amides is 1. The van der Waals surface area contributed by atoms with Crippen LogP contribution < -0.4 is 5.32 Å². The second-order valence-electron chi connectivity index (χ2n) is 5.46. The number of hydrogen-bond donors (Lipinski definition) is 2. The molecule has 0 radical (unpaired) electrons. The summed E-state index contributed by atoms with van der Waals surface area (Å²) in [5.41, 5.74) is 0.681. The van der Waals surface area contributed by atoms with E-state index in [4.69, 9.17) is 5.11 Å². The third kappa shape index (κ3) is 4.35. The van der Waals surface area contributed by atoms with Gasteiger partial charge in [0.05, 0.1) is 12.7 Å². The van der Waals surface area contributed by atoms with Crippen molar-refractivity contribution in [3.8, 4) is 0 Å². The fourth-order valence-corrected chi connectivity index (χ4v) is 2.03. The average molecular weight is 320 g/mol. The van der Waals surface area contributed by atoms with Crippen LogP contribution in [0.25, 0.3) is 0 Å². The molecule has 23 heavy (non-hydrogen) atoms. The number of nitrogens with zero attached hydrogens (tertiary/aromatic N) is 3. The van der Waals surface area contributed by atoms with Crippen LogP contribution in [0.5, 0.6) is 0 Å². The highest BCUT2D eigenvalue weighted by Gasteiger charge is 2.25. The molecule has 0 aliphatic carbocycles. The maximum Gasteiger partial charge on any atom is 0.326 e. The Bertz CT molecular complexity index is 714. The predicted molar refractivity (Wildman–Crippen MR) is 79.3 cm³/mol. The van der Waals surface area contributed by atoms with Gasteiger partial charge in [-0.2, -0.15) is 0 Å². The lowest BCUT2D eigenvalue weighted by Gasteiger charge is -2.16. The van der Waals surface area contributed by atoms with Crippen LogP contribution in [0, 0.1) is 11.7 Å². The fraction of sp³-hybridized carbons (Fsp3) is 0.333. The highest BCUT2D eigenvalue weighted by Crippen LogP contribution is 2.07. The summed E-state index contributed by atoms with van der Waals surface area (Å²) < 4.78 is 14.5. The molecule has 0 aliphatic rings. The molecule has 2 rings (SSSR count). The number of carbonyl (C=O) groups excluding carboxylic acids is 1. The number of aliphatic carboxylic acids is 1. The molecule has 0 aliphatic heterocycles. The van der Waals surface area contributed by atoms with Gasteiger partial charge in [-0.25, -0.2) is 13.9 Å². The lowest BCUT2D eigenvalue weighted by molar-refractivity contribution is -0.140. The van der Waals surface area contributed by atoms with Crippen molar-refractivity contribution in [2.75, 3.05) is 0 Å². The molecule has 1 heterocycles. The molecular weight excluding hydrogens is 303 g/mol. The summed E-state index contributed by atoms with van der Waals surface area (Å²) in [5.74, 6) is -2.35. The van der Waals surface area contributed by atoms with Crippen molar-refractivity contribution in [2.24, 2.45) is 5.92 Å². The standard InChI is InChI=1S/C15H17FN4O3/c1-9(2)13(15(22)23)17-14(21)12-8-20(19-18-12)7-10-4-3-5-11(16)6-10/h3-6,8-9,13H,7H2,1-2H3,(H,17,21)(H,22,23)/t13-/m0/s1. The number of aromatic nitrogens is 3. The first kappa shape index (κ1) is 16.6. The first-order valence-electron chi connectivity index (χ1n) is 7.05. The molecule has 7 nitrogen and oxygen atoms in total. The third-order valence-electron chi connectivity index (χ3n) is 3.22. The first-order chi connectivity index (χ1) is 10.9. The zero-order valence-electron chi connectivity index (χ0n) is 12.7. The third-order valence-corrected chi connectivity index (χ3v) is 3.22. The Kier molecular flexibility index (Phi) is 5.05. The lowest BCUT2D eigenvalue weighted by Crippen LogP contribution is -2.44. The van der Waals surface area contributed by atoms with Gasteiger partial charge in [0.1, 0.15) is 11.9 Å². The van der Waals surface area contributed by atoms with Crippen molar-refractivity contribution in [1.82, 2.24) is 20.3 Å². The van der Waals surface area contributed by atoms with E-state index in [1.165, 1.54) is 23.0 Å². The summed E-state index contributed by atoms with van der Waals surface area (Å²) >= 11 is 0. The van der Waals surface area contributed by atoms with E-state index in [1.807, 2.05) is 0 Å². The molecule has 0 saturated heterocycles. The Hall–Kier alpha value is -2.77. The minimum atomic E-state index is -1.11. The quantitative estimate of drug-likeness (QED) is 0.836. The number of halogens is 1. The Balaban J connectivity index is 2.06. The van der Waals surface area contributed by atoms with E-state index >= 15 is 0 Å². The summed E-state index contributed by atoms with van der Waals surface area (Å²) in [6.07, 6.45) is 1.39. The maximum absolute atomic E-state index is 13.1. The Labute approximate surface area is 132 Å². The summed E-state index contributed by atoms with van der Waals surface area (Å²) in [6, 6.07) is 5.00. The minimum absolute atomic E-state index is 0.00769. The van der Waals surface area contributed by atoms with Gasteiger partial charge in [-0.1, -0.05) is 31.2 Å². The molecule has 2 aromatic rings. The van der Waals surface area contributed by atoms with E-state index in [9.17, 15) is 14.0 Å². The van der Waals surface area contributed by atoms with Crippen LogP contribution in [-0.2, 0) is 11.3 Å². The summed E-state index contributed by atoms with van der Waals surface area (Å²) in [4.78, 5) is 23.1. The smallest absolute Gasteiger partial charge is 0.326 e. The predicted octanol–water partition coefficient (Wildman–Crippen LogP) is 1.30. The number of carboxylic acids is 1. The summed E-state index contributed by atoms with van der Waals surface area (Å²) in [6.45, 7) is 3.64. The van der Waals surface area contributed by atoms with E-state index in [-0.39, 0.29) is 24.0 Å². The molecule has 0 saturated carbocycles.